The van der Waals surface area contributed by atoms with Gasteiger partial charge in [-0.2, -0.15) is 0 Å². The standard InChI is InChI=1S/C12H14N2O3S3/c13-20(16,17)8-2-1-4-14(7-8)12(15)11-6-10-9(19-11)3-5-18-10/h3,5-6,8H,1-2,4,7H2,(H2,13,16,17). The molecule has 1 aliphatic rings. The lowest BCUT2D eigenvalue weighted by Crippen LogP contribution is -2.46. The predicted octanol–water partition coefficient (Wildman–Crippen LogP) is 1.86. The average molecular weight is 330 g/mol. The minimum atomic E-state index is -3.58. The number of fused-ring (bicyclic) bond motifs is 1. The summed E-state index contributed by atoms with van der Waals surface area (Å²) in [6.45, 7) is 0.791. The molecule has 1 aliphatic heterocycles. The fourth-order valence-electron chi connectivity index (χ4n) is 2.42. The van der Waals surface area contributed by atoms with Crippen LogP contribution in [0.3, 0.4) is 0 Å². The fraction of sp³-hybridized carbons (Fsp3) is 0.417. The summed E-state index contributed by atoms with van der Waals surface area (Å²) in [6, 6.07) is 3.87. The highest BCUT2D eigenvalue weighted by Crippen LogP contribution is 2.31. The van der Waals surface area contributed by atoms with Crippen molar-refractivity contribution in [3.8, 4) is 0 Å². The zero-order valence-corrected chi connectivity index (χ0v) is 13.1. The number of hydrogen-bond donors (Lipinski definition) is 1. The lowest BCUT2D eigenvalue weighted by molar-refractivity contribution is 0.0732. The van der Waals surface area contributed by atoms with Gasteiger partial charge in [0, 0.05) is 22.5 Å². The van der Waals surface area contributed by atoms with Crippen molar-refractivity contribution in [2.24, 2.45) is 5.14 Å². The summed E-state index contributed by atoms with van der Waals surface area (Å²) in [5.41, 5.74) is 0. The maximum absolute atomic E-state index is 12.4. The van der Waals surface area contributed by atoms with E-state index in [9.17, 15) is 13.2 Å². The quantitative estimate of drug-likeness (QED) is 0.912. The van der Waals surface area contributed by atoms with Crippen LogP contribution in [-0.2, 0) is 10.0 Å². The Balaban J connectivity index is 1.81. The monoisotopic (exact) mass is 330 g/mol. The maximum Gasteiger partial charge on any atom is 0.264 e. The molecule has 0 aromatic carbocycles. The largest absolute Gasteiger partial charge is 0.337 e. The summed E-state index contributed by atoms with van der Waals surface area (Å²) in [6.07, 6.45) is 1.20. The molecule has 20 heavy (non-hydrogen) atoms. The lowest BCUT2D eigenvalue weighted by Gasteiger charge is -2.31. The molecule has 0 saturated carbocycles. The van der Waals surface area contributed by atoms with E-state index < -0.39 is 15.3 Å². The predicted molar refractivity (Wildman–Crippen MR) is 81.7 cm³/mol. The van der Waals surface area contributed by atoms with E-state index in [0.29, 0.717) is 24.3 Å². The van der Waals surface area contributed by atoms with Gasteiger partial charge in [-0.1, -0.05) is 0 Å². The minimum absolute atomic E-state index is 0.0910. The Hall–Kier alpha value is -0.960. The van der Waals surface area contributed by atoms with E-state index in [-0.39, 0.29) is 12.5 Å². The van der Waals surface area contributed by atoms with Crippen LogP contribution in [-0.4, -0.2) is 37.6 Å². The first-order chi connectivity index (χ1) is 9.45. The SMILES string of the molecule is NS(=O)(=O)C1CCCN(C(=O)c2cc3sccc3s2)C1. The van der Waals surface area contributed by atoms with E-state index in [2.05, 4.69) is 0 Å². The van der Waals surface area contributed by atoms with Gasteiger partial charge in [0.2, 0.25) is 10.0 Å². The van der Waals surface area contributed by atoms with Crippen molar-refractivity contribution in [1.82, 2.24) is 4.90 Å². The number of primary sulfonamides is 1. The highest BCUT2D eigenvalue weighted by Gasteiger charge is 2.31. The Morgan fingerprint density at radius 3 is 2.90 bits per heavy atom. The zero-order chi connectivity index (χ0) is 14.3. The topological polar surface area (TPSA) is 80.5 Å². The van der Waals surface area contributed by atoms with E-state index in [4.69, 9.17) is 5.14 Å². The van der Waals surface area contributed by atoms with Gasteiger partial charge in [0.15, 0.2) is 0 Å². The Bertz CT molecular complexity index is 718. The van der Waals surface area contributed by atoms with Gasteiger partial charge >= 0.3 is 0 Å². The van der Waals surface area contributed by atoms with Gasteiger partial charge in [0.25, 0.3) is 5.91 Å². The Morgan fingerprint density at radius 1 is 1.40 bits per heavy atom. The maximum atomic E-state index is 12.4. The normalized spacial score (nSPS) is 20.4. The molecule has 1 unspecified atom stereocenters. The van der Waals surface area contributed by atoms with E-state index in [1.165, 1.54) is 11.3 Å². The second-order valence-electron chi connectivity index (χ2n) is 4.86. The number of likely N-dealkylation sites (tertiary alicyclic amines) is 1. The molecule has 1 saturated heterocycles. The van der Waals surface area contributed by atoms with Gasteiger partial charge in [-0.15, -0.1) is 22.7 Å². The van der Waals surface area contributed by atoms with Crippen molar-refractivity contribution >= 4 is 48.0 Å². The minimum Gasteiger partial charge on any atom is -0.337 e. The number of carbonyl (C=O) groups excluding carboxylic acids is 1. The van der Waals surface area contributed by atoms with Crippen LogP contribution < -0.4 is 5.14 Å². The third-order valence-electron chi connectivity index (χ3n) is 3.48. The van der Waals surface area contributed by atoms with Crippen LogP contribution in [0.5, 0.6) is 0 Å². The molecule has 8 heteroatoms. The molecule has 3 heterocycles. The first-order valence-corrected chi connectivity index (χ1v) is 9.53. The molecule has 2 aromatic rings. The second kappa shape index (κ2) is 5.10. The first kappa shape index (κ1) is 14.0. The molecule has 0 spiro atoms. The van der Waals surface area contributed by atoms with Crippen LogP contribution in [0.25, 0.3) is 9.40 Å². The molecule has 3 rings (SSSR count). The number of nitrogens with two attached hydrogens (primary N) is 1. The van der Waals surface area contributed by atoms with Crippen molar-refractivity contribution in [3.63, 3.8) is 0 Å². The molecule has 0 aliphatic carbocycles. The van der Waals surface area contributed by atoms with Crippen molar-refractivity contribution < 1.29 is 13.2 Å². The summed E-state index contributed by atoms with van der Waals surface area (Å²) < 4.78 is 25.1. The summed E-state index contributed by atoms with van der Waals surface area (Å²) in [5.74, 6) is -0.0910. The number of rotatable bonds is 2. The third-order valence-corrected chi connectivity index (χ3v) is 6.88. The highest BCUT2D eigenvalue weighted by atomic mass is 32.2. The van der Waals surface area contributed by atoms with Crippen molar-refractivity contribution in [1.29, 1.82) is 0 Å². The van der Waals surface area contributed by atoms with Crippen molar-refractivity contribution in [2.75, 3.05) is 13.1 Å². The molecule has 2 aromatic heterocycles. The molecule has 108 valence electrons. The Labute approximate surface area is 125 Å². The second-order valence-corrected chi connectivity index (χ2v) is 8.74. The van der Waals surface area contributed by atoms with Gasteiger partial charge < -0.3 is 4.90 Å². The summed E-state index contributed by atoms with van der Waals surface area (Å²) in [7, 11) is -3.58. The number of hydrogen-bond acceptors (Lipinski definition) is 5. The summed E-state index contributed by atoms with van der Waals surface area (Å²) in [5, 5.41) is 6.55. The Morgan fingerprint density at radius 2 is 2.20 bits per heavy atom. The van der Waals surface area contributed by atoms with Crippen molar-refractivity contribution in [2.45, 2.75) is 18.1 Å². The molecular weight excluding hydrogens is 316 g/mol. The van der Waals surface area contributed by atoms with Gasteiger partial charge in [-0.25, -0.2) is 13.6 Å². The molecular formula is C12H14N2O3S3. The molecule has 5 nitrogen and oxygen atoms in total. The number of nitrogens with zero attached hydrogens (tertiary/aromatic N) is 1. The van der Waals surface area contributed by atoms with Gasteiger partial charge in [0.1, 0.15) is 0 Å². The van der Waals surface area contributed by atoms with Crippen molar-refractivity contribution in [3.05, 3.63) is 22.4 Å². The number of sulfonamides is 1. The zero-order valence-electron chi connectivity index (χ0n) is 10.6. The first-order valence-electron chi connectivity index (χ1n) is 6.23. The molecule has 0 bridgehead atoms. The van der Waals surface area contributed by atoms with E-state index >= 15 is 0 Å². The fourth-order valence-corrected chi connectivity index (χ4v) is 5.38. The van der Waals surface area contributed by atoms with E-state index in [1.807, 2.05) is 17.5 Å². The van der Waals surface area contributed by atoms with Gasteiger partial charge in [0.05, 0.1) is 10.1 Å². The van der Waals surface area contributed by atoms with E-state index in [1.54, 1.807) is 16.2 Å². The van der Waals surface area contributed by atoms with Crippen LogP contribution in [0.15, 0.2) is 17.5 Å². The number of carbonyl (C=O) groups is 1. The van der Waals surface area contributed by atoms with Crippen LogP contribution >= 0.6 is 22.7 Å². The third kappa shape index (κ3) is 2.60. The van der Waals surface area contributed by atoms with Crippen LogP contribution in [0.4, 0.5) is 0 Å². The van der Waals surface area contributed by atoms with E-state index in [0.717, 1.165) is 9.40 Å². The molecule has 1 atom stereocenters. The van der Waals surface area contributed by atoms with Crippen LogP contribution in [0, 0.1) is 0 Å². The molecule has 0 radical (unpaired) electrons. The number of amides is 1. The molecule has 1 amide bonds. The highest BCUT2D eigenvalue weighted by molar-refractivity contribution is 7.89. The average Bonchev–Trinajstić information content (AvgIpc) is 2.97. The molecule has 2 N–H and O–H groups in total. The lowest BCUT2D eigenvalue weighted by atomic mass is 10.1. The number of piperidine rings is 1. The Kier molecular flexibility index (Phi) is 3.57. The smallest absolute Gasteiger partial charge is 0.264 e. The van der Waals surface area contributed by atoms with Gasteiger partial charge in [-0.3, -0.25) is 4.79 Å². The number of thiophene rings is 2. The van der Waals surface area contributed by atoms with Gasteiger partial charge in [-0.05, 0) is 30.4 Å². The van der Waals surface area contributed by atoms with Crippen LogP contribution in [0.2, 0.25) is 0 Å². The van der Waals surface area contributed by atoms with Crippen LogP contribution in [0.1, 0.15) is 22.5 Å². The summed E-state index contributed by atoms with van der Waals surface area (Å²) in [4.78, 5) is 14.7. The molecule has 1 fully saturated rings. The summed E-state index contributed by atoms with van der Waals surface area (Å²) >= 11 is 3.05.